The van der Waals surface area contributed by atoms with Crippen LogP contribution >= 0.6 is 0 Å². The molecule has 0 aliphatic carbocycles. The molecule has 0 bridgehead atoms. The molecule has 0 saturated heterocycles. The first-order valence-electron chi connectivity index (χ1n) is 6.72. The Bertz CT molecular complexity index is 720. The lowest BCUT2D eigenvalue weighted by atomic mass is 10.1. The number of nitrogens with zero attached hydrogens (tertiary/aromatic N) is 1. The fourth-order valence-corrected chi connectivity index (χ4v) is 2.16. The van der Waals surface area contributed by atoms with Crippen LogP contribution in [0, 0.1) is 0 Å². The molecular weight excluding hydrogens is 248 g/mol. The quantitative estimate of drug-likeness (QED) is 0.755. The molecule has 0 unspecified atom stereocenters. The van der Waals surface area contributed by atoms with Crippen molar-refractivity contribution >= 4 is 16.6 Å². The van der Waals surface area contributed by atoms with E-state index in [4.69, 9.17) is 4.74 Å². The fourth-order valence-electron chi connectivity index (χ4n) is 2.16. The molecule has 100 valence electrons. The van der Waals surface area contributed by atoms with Gasteiger partial charge in [-0.05, 0) is 24.4 Å². The first kappa shape index (κ1) is 12.5. The molecule has 0 radical (unpaired) electrons. The molecule has 3 aromatic rings. The molecule has 0 spiro atoms. The lowest BCUT2D eigenvalue weighted by Gasteiger charge is -2.10. The van der Waals surface area contributed by atoms with Crippen LogP contribution in [0.3, 0.4) is 0 Å². The topological polar surface area (TPSA) is 34.1 Å². The molecule has 0 amide bonds. The largest absolute Gasteiger partial charge is 0.457 e. The maximum Gasteiger partial charge on any atom is 0.135 e. The molecule has 20 heavy (non-hydrogen) atoms. The zero-order chi connectivity index (χ0) is 13.8. The number of pyridine rings is 1. The van der Waals surface area contributed by atoms with Crippen molar-refractivity contribution in [2.45, 2.75) is 6.92 Å². The Morgan fingerprint density at radius 2 is 1.90 bits per heavy atom. The van der Waals surface area contributed by atoms with E-state index in [0.29, 0.717) is 0 Å². The van der Waals surface area contributed by atoms with Crippen molar-refractivity contribution in [1.82, 2.24) is 4.98 Å². The minimum Gasteiger partial charge on any atom is -0.457 e. The molecule has 3 nitrogen and oxygen atoms in total. The first-order chi connectivity index (χ1) is 9.86. The average Bonchev–Trinajstić information content (AvgIpc) is 2.48. The summed E-state index contributed by atoms with van der Waals surface area (Å²) in [7, 11) is 0. The maximum atomic E-state index is 6.00. The summed E-state index contributed by atoms with van der Waals surface area (Å²) in [5, 5.41) is 5.46. The van der Waals surface area contributed by atoms with Crippen molar-refractivity contribution in [2.24, 2.45) is 0 Å². The van der Waals surface area contributed by atoms with Gasteiger partial charge in [0, 0.05) is 24.2 Å². The molecular formula is C17H16N2O. The molecule has 1 N–H and O–H groups in total. The van der Waals surface area contributed by atoms with Crippen LogP contribution in [0.4, 0.5) is 5.82 Å². The van der Waals surface area contributed by atoms with Crippen molar-refractivity contribution in [3.05, 3.63) is 60.8 Å². The van der Waals surface area contributed by atoms with Crippen LogP contribution in [0.2, 0.25) is 0 Å². The van der Waals surface area contributed by atoms with Gasteiger partial charge >= 0.3 is 0 Å². The highest BCUT2D eigenvalue weighted by molar-refractivity contribution is 5.88. The van der Waals surface area contributed by atoms with Crippen LogP contribution in [0.15, 0.2) is 60.8 Å². The third kappa shape index (κ3) is 2.57. The van der Waals surface area contributed by atoms with Crippen molar-refractivity contribution in [3.8, 4) is 11.5 Å². The number of hydrogen-bond donors (Lipinski definition) is 1. The summed E-state index contributed by atoms with van der Waals surface area (Å²) in [4.78, 5) is 4.24. The van der Waals surface area contributed by atoms with Gasteiger partial charge in [-0.3, -0.25) is 0 Å². The highest BCUT2D eigenvalue weighted by atomic mass is 16.5. The number of anilines is 1. The molecule has 0 fully saturated rings. The molecule has 0 saturated carbocycles. The van der Waals surface area contributed by atoms with E-state index in [9.17, 15) is 0 Å². The number of hydrogen-bond acceptors (Lipinski definition) is 3. The van der Waals surface area contributed by atoms with E-state index >= 15 is 0 Å². The van der Waals surface area contributed by atoms with E-state index in [1.807, 2.05) is 43.3 Å². The average molecular weight is 264 g/mol. The Hall–Kier alpha value is -2.55. The monoisotopic (exact) mass is 264 g/mol. The Kier molecular flexibility index (Phi) is 3.50. The lowest BCUT2D eigenvalue weighted by molar-refractivity contribution is 0.488. The van der Waals surface area contributed by atoms with E-state index in [-0.39, 0.29) is 0 Å². The van der Waals surface area contributed by atoms with E-state index in [2.05, 4.69) is 28.5 Å². The highest BCUT2D eigenvalue weighted by Gasteiger charge is 2.03. The number of fused-ring (bicyclic) bond motifs is 1. The predicted molar refractivity (Wildman–Crippen MR) is 82.4 cm³/mol. The van der Waals surface area contributed by atoms with Gasteiger partial charge < -0.3 is 10.1 Å². The summed E-state index contributed by atoms with van der Waals surface area (Å²) < 4.78 is 6.00. The second-order valence-electron chi connectivity index (χ2n) is 4.49. The Morgan fingerprint density at radius 3 is 2.80 bits per heavy atom. The summed E-state index contributed by atoms with van der Waals surface area (Å²) in [6, 6.07) is 18.0. The molecule has 3 rings (SSSR count). The van der Waals surface area contributed by atoms with E-state index in [0.717, 1.165) is 29.2 Å². The van der Waals surface area contributed by atoms with Crippen LogP contribution in [0.25, 0.3) is 10.8 Å². The van der Waals surface area contributed by atoms with Crippen molar-refractivity contribution in [1.29, 1.82) is 0 Å². The number of aromatic nitrogens is 1. The summed E-state index contributed by atoms with van der Waals surface area (Å²) in [6.45, 7) is 2.88. The van der Waals surface area contributed by atoms with Crippen LogP contribution in [0.5, 0.6) is 11.5 Å². The molecule has 1 heterocycles. The van der Waals surface area contributed by atoms with Gasteiger partial charge in [-0.15, -0.1) is 0 Å². The second kappa shape index (κ2) is 5.61. The summed E-state index contributed by atoms with van der Waals surface area (Å²) >= 11 is 0. The van der Waals surface area contributed by atoms with Crippen LogP contribution in [0.1, 0.15) is 6.92 Å². The van der Waals surface area contributed by atoms with Gasteiger partial charge in [0.15, 0.2) is 0 Å². The number of rotatable bonds is 4. The van der Waals surface area contributed by atoms with Crippen molar-refractivity contribution < 1.29 is 4.74 Å². The van der Waals surface area contributed by atoms with E-state index in [1.54, 1.807) is 6.20 Å². The van der Waals surface area contributed by atoms with Gasteiger partial charge in [0.05, 0.1) is 0 Å². The normalized spacial score (nSPS) is 10.4. The Labute approximate surface area is 118 Å². The van der Waals surface area contributed by atoms with Gasteiger partial charge in [-0.1, -0.05) is 36.4 Å². The third-order valence-corrected chi connectivity index (χ3v) is 3.07. The van der Waals surface area contributed by atoms with Crippen molar-refractivity contribution in [3.63, 3.8) is 0 Å². The molecule has 0 aliphatic rings. The van der Waals surface area contributed by atoms with E-state index < -0.39 is 0 Å². The lowest BCUT2D eigenvalue weighted by Crippen LogP contribution is -1.98. The van der Waals surface area contributed by atoms with Crippen LogP contribution < -0.4 is 10.1 Å². The summed E-state index contributed by atoms with van der Waals surface area (Å²) in [6.07, 6.45) is 1.75. The maximum absolute atomic E-state index is 6.00. The van der Waals surface area contributed by atoms with Crippen molar-refractivity contribution in [2.75, 3.05) is 11.9 Å². The van der Waals surface area contributed by atoms with Gasteiger partial charge in [0.2, 0.25) is 0 Å². The minimum atomic E-state index is 0.785. The zero-order valence-electron chi connectivity index (χ0n) is 11.3. The molecule has 0 aliphatic heterocycles. The number of nitrogens with one attached hydrogen (secondary N) is 1. The van der Waals surface area contributed by atoms with Gasteiger partial charge in [0.25, 0.3) is 0 Å². The SMILES string of the molecule is CCNc1cc(Oc2cccc3ccccc23)ccn1. The summed E-state index contributed by atoms with van der Waals surface area (Å²) in [5.41, 5.74) is 0. The minimum absolute atomic E-state index is 0.785. The summed E-state index contributed by atoms with van der Waals surface area (Å²) in [5.74, 6) is 2.47. The zero-order valence-corrected chi connectivity index (χ0v) is 11.3. The van der Waals surface area contributed by atoms with E-state index in [1.165, 1.54) is 5.39 Å². The molecule has 0 atom stereocenters. The van der Waals surface area contributed by atoms with Gasteiger partial charge in [-0.25, -0.2) is 4.98 Å². The van der Waals surface area contributed by atoms with Gasteiger partial charge in [-0.2, -0.15) is 0 Å². The van der Waals surface area contributed by atoms with Crippen LogP contribution in [-0.2, 0) is 0 Å². The predicted octanol–water partition coefficient (Wildman–Crippen LogP) is 4.46. The Morgan fingerprint density at radius 1 is 1.05 bits per heavy atom. The smallest absolute Gasteiger partial charge is 0.135 e. The number of benzene rings is 2. The third-order valence-electron chi connectivity index (χ3n) is 3.07. The second-order valence-corrected chi connectivity index (χ2v) is 4.49. The van der Waals surface area contributed by atoms with Gasteiger partial charge in [0.1, 0.15) is 17.3 Å². The highest BCUT2D eigenvalue weighted by Crippen LogP contribution is 2.30. The fraction of sp³-hybridized carbons (Fsp3) is 0.118. The van der Waals surface area contributed by atoms with Crippen LogP contribution in [-0.4, -0.2) is 11.5 Å². The first-order valence-corrected chi connectivity index (χ1v) is 6.72. The standard InChI is InChI=1S/C17H16N2O/c1-2-18-17-12-14(10-11-19-17)20-16-9-5-7-13-6-3-4-8-15(13)16/h3-12H,2H2,1H3,(H,18,19). The molecule has 3 heteroatoms. The molecule has 1 aromatic heterocycles. The number of ether oxygens (including phenoxy) is 1. The Balaban J connectivity index is 1.95. The molecule has 2 aromatic carbocycles.